The van der Waals surface area contributed by atoms with Crippen LogP contribution in [-0.2, 0) is 17.8 Å². The number of carbonyl (C=O) groups excluding carboxylic acids is 2. The standard InChI is InChI=1S/C23H24N2O2S/c1-3-24-22(26)15-19-6-4-7-20(14-19)25(23(27)21-8-5-13-28-21)16-18-11-9-17(2)10-12-18/h4-14H,3,15-16H2,1-2H3,(H,24,26). The second-order valence-electron chi connectivity index (χ2n) is 6.65. The highest BCUT2D eigenvalue weighted by Crippen LogP contribution is 2.24. The van der Waals surface area contributed by atoms with E-state index in [0.717, 1.165) is 16.8 Å². The number of amides is 2. The molecule has 144 valence electrons. The van der Waals surface area contributed by atoms with Crippen LogP contribution < -0.4 is 10.2 Å². The largest absolute Gasteiger partial charge is 0.356 e. The van der Waals surface area contributed by atoms with Crippen molar-refractivity contribution >= 4 is 28.8 Å². The molecule has 0 saturated heterocycles. The summed E-state index contributed by atoms with van der Waals surface area (Å²) in [5.74, 6) is -0.0555. The van der Waals surface area contributed by atoms with Crippen molar-refractivity contribution < 1.29 is 9.59 Å². The second-order valence-corrected chi connectivity index (χ2v) is 7.60. The maximum atomic E-state index is 13.2. The summed E-state index contributed by atoms with van der Waals surface area (Å²) in [6.45, 7) is 5.02. The average molecular weight is 393 g/mol. The Labute approximate surface area is 169 Å². The molecule has 28 heavy (non-hydrogen) atoms. The highest BCUT2D eigenvalue weighted by molar-refractivity contribution is 7.12. The van der Waals surface area contributed by atoms with E-state index >= 15 is 0 Å². The van der Waals surface area contributed by atoms with Gasteiger partial charge in [0, 0.05) is 12.2 Å². The third-order valence-electron chi connectivity index (χ3n) is 4.40. The van der Waals surface area contributed by atoms with Gasteiger partial charge in [0.2, 0.25) is 5.91 Å². The number of nitrogens with one attached hydrogen (secondary N) is 1. The van der Waals surface area contributed by atoms with Gasteiger partial charge in [0.1, 0.15) is 0 Å². The first-order valence-corrected chi connectivity index (χ1v) is 10.2. The number of likely N-dealkylation sites (N-methyl/N-ethyl adjacent to an activating group) is 1. The minimum Gasteiger partial charge on any atom is -0.356 e. The first-order valence-electron chi connectivity index (χ1n) is 9.33. The Kier molecular flexibility index (Phi) is 6.61. The van der Waals surface area contributed by atoms with Crippen LogP contribution in [0.15, 0.2) is 66.0 Å². The molecule has 0 fully saturated rings. The number of thiophene rings is 1. The minimum absolute atomic E-state index is 0.0192. The Morgan fingerprint density at radius 1 is 1.00 bits per heavy atom. The van der Waals surface area contributed by atoms with Gasteiger partial charge in [-0.05, 0) is 48.6 Å². The molecule has 0 radical (unpaired) electrons. The van der Waals surface area contributed by atoms with E-state index in [2.05, 4.69) is 17.4 Å². The van der Waals surface area contributed by atoms with Gasteiger partial charge in [0.15, 0.2) is 0 Å². The highest BCUT2D eigenvalue weighted by Gasteiger charge is 2.19. The smallest absolute Gasteiger partial charge is 0.268 e. The van der Waals surface area contributed by atoms with E-state index in [4.69, 9.17) is 0 Å². The molecule has 1 aromatic heterocycles. The van der Waals surface area contributed by atoms with Gasteiger partial charge in [-0.1, -0.05) is 48.0 Å². The van der Waals surface area contributed by atoms with Crippen LogP contribution in [0.1, 0.15) is 33.3 Å². The molecule has 0 aliphatic rings. The van der Waals surface area contributed by atoms with Crippen molar-refractivity contribution in [2.75, 3.05) is 11.4 Å². The Morgan fingerprint density at radius 3 is 2.46 bits per heavy atom. The molecule has 0 saturated carbocycles. The number of aryl methyl sites for hydroxylation is 1. The molecule has 1 heterocycles. The van der Waals surface area contributed by atoms with Crippen LogP contribution in [0.25, 0.3) is 0 Å². The molecular weight excluding hydrogens is 368 g/mol. The molecule has 2 aromatic carbocycles. The number of hydrogen-bond donors (Lipinski definition) is 1. The normalized spacial score (nSPS) is 10.5. The minimum atomic E-state index is -0.0364. The molecule has 4 nitrogen and oxygen atoms in total. The summed E-state index contributed by atoms with van der Waals surface area (Å²) in [6, 6.07) is 19.6. The first kappa shape index (κ1) is 19.8. The van der Waals surface area contributed by atoms with E-state index in [9.17, 15) is 9.59 Å². The van der Waals surface area contributed by atoms with Crippen LogP contribution >= 0.6 is 11.3 Å². The van der Waals surface area contributed by atoms with E-state index in [1.165, 1.54) is 16.9 Å². The lowest BCUT2D eigenvalue weighted by Crippen LogP contribution is -2.30. The fourth-order valence-corrected chi connectivity index (χ4v) is 3.64. The first-order chi connectivity index (χ1) is 13.6. The Bertz CT molecular complexity index is 934. The molecule has 1 N–H and O–H groups in total. The molecular formula is C23H24N2O2S. The number of nitrogens with zero attached hydrogens (tertiary/aromatic N) is 1. The molecule has 2 amide bonds. The molecule has 3 aromatic rings. The maximum absolute atomic E-state index is 13.2. The number of anilines is 1. The van der Waals surface area contributed by atoms with Crippen LogP contribution in [0.5, 0.6) is 0 Å². The summed E-state index contributed by atoms with van der Waals surface area (Å²) in [7, 11) is 0. The summed E-state index contributed by atoms with van der Waals surface area (Å²) in [5.41, 5.74) is 3.92. The predicted molar refractivity (Wildman–Crippen MR) is 115 cm³/mol. The molecule has 0 unspecified atom stereocenters. The third kappa shape index (κ3) is 5.08. The van der Waals surface area contributed by atoms with Crippen molar-refractivity contribution in [1.82, 2.24) is 5.32 Å². The topological polar surface area (TPSA) is 49.4 Å². The summed E-state index contributed by atoms with van der Waals surface area (Å²) < 4.78 is 0. The van der Waals surface area contributed by atoms with Crippen LogP contribution in [0, 0.1) is 6.92 Å². The molecule has 0 aliphatic heterocycles. The summed E-state index contributed by atoms with van der Waals surface area (Å²) in [4.78, 5) is 27.6. The summed E-state index contributed by atoms with van der Waals surface area (Å²) in [6.07, 6.45) is 0.299. The van der Waals surface area contributed by atoms with Crippen LogP contribution in [0.3, 0.4) is 0 Å². The van der Waals surface area contributed by atoms with Gasteiger partial charge >= 0.3 is 0 Å². The van der Waals surface area contributed by atoms with Crippen molar-refractivity contribution in [1.29, 1.82) is 0 Å². The fourth-order valence-electron chi connectivity index (χ4n) is 2.97. The van der Waals surface area contributed by atoms with Crippen LogP contribution in [0.2, 0.25) is 0 Å². The van der Waals surface area contributed by atoms with Gasteiger partial charge in [0.05, 0.1) is 17.8 Å². The van der Waals surface area contributed by atoms with Crippen LogP contribution in [0.4, 0.5) is 5.69 Å². The van der Waals surface area contributed by atoms with E-state index in [1.54, 1.807) is 4.90 Å². The summed E-state index contributed by atoms with van der Waals surface area (Å²) >= 11 is 1.43. The highest BCUT2D eigenvalue weighted by atomic mass is 32.1. The number of hydrogen-bond acceptors (Lipinski definition) is 3. The Hall–Kier alpha value is -2.92. The van der Waals surface area contributed by atoms with Gasteiger partial charge < -0.3 is 10.2 Å². The third-order valence-corrected chi connectivity index (χ3v) is 5.26. The van der Waals surface area contributed by atoms with E-state index < -0.39 is 0 Å². The monoisotopic (exact) mass is 392 g/mol. The van der Waals surface area contributed by atoms with Crippen molar-refractivity contribution in [2.45, 2.75) is 26.8 Å². The summed E-state index contributed by atoms with van der Waals surface area (Å²) in [5, 5.41) is 4.72. The number of benzene rings is 2. The van der Waals surface area contributed by atoms with Gasteiger partial charge in [0.25, 0.3) is 5.91 Å². The molecule has 5 heteroatoms. The van der Waals surface area contributed by atoms with Crippen molar-refractivity contribution in [3.05, 3.63) is 87.6 Å². The van der Waals surface area contributed by atoms with Crippen molar-refractivity contribution in [3.63, 3.8) is 0 Å². The SMILES string of the molecule is CCNC(=O)Cc1cccc(N(Cc2ccc(C)cc2)C(=O)c2cccs2)c1. The second kappa shape index (κ2) is 9.33. The maximum Gasteiger partial charge on any atom is 0.268 e. The zero-order valence-electron chi connectivity index (χ0n) is 16.1. The van der Waals surface area contributed by atoms with E-state index in [-0.39, 0.29) is 11.8 Å². The number of carbonyl (C=O) groups is 2. The van der Waals surface area contributed by atoms with E-state index in [0.29, 0.717) is 24.4 Å². The zero-order valence-corrected chi connectivity index (χ0v) is 17.0. The lowest BCUT2D eigenvalue weighted by molar-refractivity contribution is -0.120. The quantitative estimate of drug-likeness (QED) is 0.640. The van der Waals surface area contributed by atoms with E-state index in [1.807, 2.05) is 67.8 Å². The molecule has 0 bridgehead atoms. The molecule has 3 rings (SSSR count). The molecule has 0 atom stereocenters. The van der Waals surface area contributed by atoms with Gasteiger partial charge in [-0.25, -0.2) is 0 Å². The fraction of sp³-hybridized carbons (Fsp3) is 0.217. The Morgan fingerprint density at radius 2 is 1.79 bits per heavy atom. The van der Waals surface area contributed by atoms with Gasteiger partial charge in [-0.3, -0.25) is 9.59 Å². The van der Waals surface area contributed by atoms with Gasteiger partial charge in [-0.15, -0.1) is 11.3 Å². The van der Waals surface area contributed by atoms with Crippen molar-refractivity contribution in [2.24, 2.45) is 0 Å². The Balaban J connectivity index is 1.90. The predicted octanol–water partition coefficient (Wildman–Crippen LogP) is 4.58. The number of rotatable bonds is 7. The van der Waals surface area contributed by atoms with Gasteiger partial charge in [-0.2, -0.15) is 0 Å². The average Bonchev–Trinajstić information content (AvgIpc) is 3.22. The van der Waals surface area contributed by atoms with Crippen molar-refractivity contribution in [3.8, 4) is 0 Å². The van der Waals surface area contributed by atoms with Crippen LogP contribution in [-0.4, -0.2) is 18.4 Å². The zero-order chi connectivity index (χ0) is 19.9. The lowest BCUT2D eigenvalue weighted by atomic mass is 10.1. The lowest BCUT2D eigenvalue weighted by Gasteiger charge is -2.23. The molecule has 0 aliphatic carbocycles. The molecule has 0 spiro atoms.